The van der Waals surface area contributed by atoms with Crippen LogP contribution in [0.4, 0.5) is 0 Å². The number of hydrogen-bond donors (Lipinski definition) is 1. The molecule has 0 aromatic heterocycles. The predicted molar refractivity (Wildman–Crippen MR) is 64.4 cm³/mol. The van der Waals surface area contributed by atoms with Crippen molar-refractivity contribution in [2.45, 2.75) is 45.8 Å². The molecular weight excluding hydrogens is 204 g/mol. The molecule has 0 aromatic rings. The summed E-state index contributed by atoms with van der Waals surface area (Å²) >= 11 is 0. The first kappa shape index (κ1) is 13.5. The van der Waals surface area contributed by atoms with E-state index < -0.39 is 0 Å². The third-order valence-corrected chi connectivity index (χ3v) is 2.88. The van der Waals surface area contributed by atoms with E-state index in [2.05, 4.69) is 19.2 Å². The van der Waals surface area contributed by atoms with Crippen molar-refractivity contribution >= 4 is 5.91 Å². The zero-order valence-electron chi connectivity index (χ0n) is 10.7. The molecule has 0 bridgehead atoms. The minimum atomic E-state index is -0.160. The second-order valence-corrected chi connectivity index (χ2v) is 4.33. The highest BCUT2D eigenvalue weighted by Gasteiger charge is 2.31. The summed E-state index contributed by atoms with van der Waals surface area (Å²) in [4.78, 5) is 14.2. The zero-order chi connectivity index (χ0) is 12.0. The summed E-state index contributed by atoms with van der Waals surface area (Å²) in [5.41, 5.74) is 0. The molecule has 16 heavy (non-hydrogen) atoms. The number of hydrogen-bond acceptors (Lipinski definition) is 3. The first-order valence-electron chi connectivity index (χ1n) is 6.34. The molecule has 1 N–H and O–H groups in total. The molecule has 1 rings (SSSR count). The lowest BCUT2D eigenvalue weighted by atomic mass is 10.1. The minimum absolute atomic E-state index is 0.0162. The Morgan fingerprint density at radius 3 is 2.50 bits per heavy atom. The molecule has 4 heteroatoms. The largest absolute Gasteiger partial charge is 0.375 e. The molecule has 0 saturated carbocycles. The van der Waals surface area contributed by atoms with Gasteiger partial charge in [0, 0.05) is 19.6 Å². The lowest BCUT2D eigenvalue weighted by Gasteiger charge is -2.33. The fraction of sp³-hybridized carbons (Fsp3) is 0.917. The van der Waals surface area contributed by atoms with Gasteiger partial charge >= 0.3 is 0 Å². The molecule has 0 spiro atoms. The van der Waals surface area contributed by atoms with Crippen LogP contribution in [0.15, 0.2) is 0 Å². The van der Waals surface area contributed by atoms with E-state index >= 15 is 0 Å². The van der Waals surface area contributed by atoms with Crippen molar-refractivity contribution in [3.05, 3.63) is 0 Å². The van der Waals surface area contributed by atoms with Crippen molar-refractivity contribution in [1.82, 2.24) is 10.2 Å². The number of morpholine rings is 1. The molecule has 1 fully saturated rings. The van der Waals surface area contributed by atoms with E-state index in [0.29, 0.717) is 6.61 Å². The minimum Gasteiger partial charge on any atom is -0.375 e. The Morgan fingerprint density at radius 1 is 1.38 bits per heavy atom. The summed E-state index contributed by atoms with van der Waals surface area (Å²) in [6.45, 7) is 9.33. The molecule has 0 radical (unpaired) electrons. The molecule has 94 valence electrons. The first-order valence-corrected chi connectivity index (χ1v) is 6.34. The standard InChI is InChI=1S/C12H24N2O2/c1-4-7-14(8-5-2)12(15)11-10(3)16-9-6-13-11/h10-11,13H,4-9H2,1-3H3/t10-,11+/m1/s1. The van der Waals surface area contributed by atoms with E-state index in [-0.39, 0.29) is 18.1 Å². The molecule has 4 nitrogen and oxygen atoms in total. The van der Waals surface area contributed by atoms with Gasteiger partial charge < -0.3 is 15.0 Å². The van der Waals surface area contributed by atoms with Gasteiger partial charge in [0.15, 0.2) is 0 Å². The van der Waals surface area contributed by atoms with Gasteiger partial charge in [0.2, 0.25) is 5.91 Å². The molecule has 0 aliphatic carbocycles. The molecule has 0 aromatic carbocycles. The number of ether oxygens (including phenoxy) is 1. The Kier molecular flexibility index (Phi) is 5.77. The monoisotopic (exact) mass is 228 g/mol. The van der Waals surface area contributed by atoms with E-state index in [1.807, 2.05) is 11.8 Å². The van der Waals surface area contributed by atoms with Crippen molar-refractivity contribution in [2.75, 3.05) is 26.2 Å². The maximum Gasteiger partial charge on any atom is 0.242 e. The van der Waals surface area contributed by atoms with Gasteiger partial charge in [-0.05, 0) is 19.8 Å². The summed E-state index contributed by atoms with van der Waals surface area (Å²) in [5, 5.41) is 3.25. The normalized spacial score (nSPS) is 25.4. The van der Waals surface area contributed by atoms with Crippen LogP contribution in [0, 0.1) is 0 Å². The molecule has 1 aliphatic heterocycles. The Bertz CT molecular complexity index is 215. The molecule has 0 unspecified atom stereocenters. The van der Waals surface area contributed by atoms with Crippen LogP contribution >= 0.6 is 0 Å². The fourth-order valence-corrected chi connectivity index (χ4v) is 2.08. The SMILES string of the molecule is CCCN(CCC)C(=O)[C@H]1NCCO[C@@H]1C. The van der Waals surface area contributed by atoms with Crippen molar-refractivity contribution < 1.29 is 9.53 Å². The summed E-state index contributed by atoms with van der Waals surface area (Å²) in [6, 6.07) is -0.160. The maximum absolute atomic E-state index is 12.3. The van der Waals surface area contributed by atoms with Crippen LogP contribution in [0.3, 0.4) is 0 Å². The van der Waals surface area contributed by atoms with Crippen molar-refractivity contribution in [1.29, 1.82) is 0 Å². The summed E-state index contributed by atoms with van der Waals surface area (Å²) in [5.74, 6) is 0.191. The number of nitrogens with zero attached hydrogens (tertiary/aromatic N) is 1. The van der Waals surface area contributed by atoms with Crippen LogP contribution < -0.4 is 5.32 Å². The highest BCUT2D eigenvalue weighted by atomic mass is 16.5. The predicted octanol–water partition coefficient (Wildman–Crippen LogP) is 1.01. The zero-order valence-corrected chi connectivity index (χ0v) is 10.7. The van der Waals surface area contributed by atoms with E-state index in [4.69, 9.17) is 4.74 Å². The maximum atomic E-state index is 12.3. The second-order valence-electron chi connectivity index (χ2n) is 4.33. The van der Waals surface area contributed by atoms with Crippen molar-refractivity contribution in [2.24, 2.45) is 0 Å². The third-order valence-electron chi connectivity index (χ3n) is 2.88. The number of carbonyl (C=O) groups is 1. The van der Waals surface area contributed by atoms with Crippen LogP contribution in [0.2, 0.25) is 0 Å². The lowest BCUT2D eigenvalue weighted by molar-refractivity contribution is -0.139. The van der Waals surface area contributed by atoms with E-state index in [1.54, 1.807) is 0 Å². The molecule has 1 saturated heterocycles. The number of amides is 1. The van der Waals surface area contributed by atoms with Gasteiger partial charge in [-0.1, -0.05) is 13.8 Å². The molecular formula is C12H24N2O2. The second kappa shape index (κ2) is 6.86. The van der Waals surface area contributed by atoms with Gasteiger partial charge in [-0.25, -0.2) is 0 Å². The third kappa shape index (κ3) is 3.46. The average molecular weight is 228 g/mol. The Morgan fingerprint density at radius 2 is 2.00 bits per heavy atom. The molecule has 1 aliphatic rings. The highest BCUT2D eigenvalue weighted by molar-refractivity contribution is 5.82. The van der Waals surface area contributed by atoms with Gasteiger partial charge in [-0.3, -0.25) is 4.79 Å². The van der Waals surface area contributed by atoms with Crippen LogP contribution in [0.5, 0.6) is 0 Å². The van der Waals surface area contributed by atoms with Crippen LogP contribution in [0.1, 0.15) is 33.6 Å². The Hall–Kier alpha value is -0.610. The van der Waals surface area contributed by atoms with Crippen LogP contribution in [-0.4, -0.2) is 49.2 Å². The van der Waals surface area contributed by atoms with E-state index in [0.717, 1.165) is 32.5 Å². The smallest absolute Gasteiger partial charge is 0.242 e. The number of carbonyl (C=O) groups excluding carboxylic acids is 1. The number of nitrogens with one attached hydrogen (secondary N) is 1. The molecule has 2 atom stereocenters. The van der Waals surface area contributed by atoms with E-state index in [9.17, 15) is 4.79 Å². The van der Waals surface area contributed by atoms with E-state index in [1.165, 1.54) is 0 Å². The topological polar surface area (TPSA) is 41.6 Å². The quantitative estimate of drug-likeness (QED) is 0.763. The summed E-state index contributed by atoms with van der Waals surface area (Å²) in [7, 11) is 0. The van der Waals surface area contributed by atoms with Gasteiger partial charge in [-0.15, -0.1) is 0 Å². The Labute approximate surface area is 98.3 Å². The fourth-order valence-electron chi connectivity index (χ4n) is 2.08. The summed E-state index contributed by atoms with van der Waals surface area (Å²) in [6.07, 6.45) is 2.00. The van der Waals surface area contributed by atoms with Crippen LogP contribution in [-0.2, 0) is 9.53 Å². The molecule has 1 amide bonds. The highest BCUT2D eigenvalue weighted by Crippen LogP contribution is 2.08. The number of rotatable bonds is 5. The lowest BCUT2D eigenvalue weighted by Crippen LogP contribution is -2.56. The van der Waals surface area contributed by atoms with Crippen molar-refractivity contribution in [3.8, 4) is 0 Å². The van der Waals surface area contributed by atoms with Crippen molar-refractivity contribution in [3.63, 3.8) is 0 Å². The average Bonchev–Trinajstić information content (AvgIpc) is 2.28. The first-order chi connectivity index (χ1) is 7.70. The van der Waals surface area contributed by atoms with Gasteiger partial charge in [0.05, 0.1) is 12.7 Å². The summed E-state index contributed by atoms with van der Waals surface area (Å²) < 4.78 is 5.51. The van der Waals surface area contributed by atoms with Gasteiger partial charge in [0.1, 0.15) is 6.04 Å². The Balaban J connectivity index is 2.57. The van der Waals surface area contributed by atoms with Gasteiger partial charge in [0.25, 0.3) is 0 Å². The molecule has 1 heterocycles. The van der Waals surface area contributed by atoms with Crippen LogP contribution in [0.25, 0.3) is 0 Å². The van der Waals surface area contributed by atoms with Gasteiger partial charge in [-0.2, -0.15) is 0 Å².